The molecule has 4 heterocycles. The van der Waals surface area contributed by atoms with Gasteiger partial charge in [-0.1, -0.05) is 29.5 Å². The molecule has 8 heteroatoms. The monoisotopic (exact) mass is 413 g/mol. The number of hydrogen-bond donors (Lipinski definition) is 1. The zero-order valence-corrected chi connectivity index (χ0v) is 17.0. The maximum Gasteiger partial charge on any atom is 0.288 e. The Morgan fingerprint density at radius 3 is 2.68 bits per heavy atom. The van der Waals surface area contributed by atoms with E-state index in [4.69, 9.17) is 4.98 Å². The molecule has 1 N–H and O–H groups in total. The number of hydrogen-bond acceptors (Lipinski definition) is 6. The summed E-state index contributed by atoms with van der Waals surface area (Å²) in [7, 11) is 0. The maximum atomic E-state index is 12.9. The molecule has 2 saturated heterocycles. The average molecular weight is 414 g/mol. The first-order valence-electron chi connectivity index (χ1n) is 9.51. The number of aromatic nitrogens is 1. The highest BCUT2D eigenvalue weighted by molar-refractivity contribution is 7.22. The molecule has 2 amide bonds. The van der Waals surface area contributed by atoms with Gasteiger partial charge >= 0.3 is 0 Å². The van der Waals surface area contributed by atoms with E-state index in [0.717, 1.165) is 41.7 Å². The summed E-state index contributed by atoms with van der Waals surface area (Å²) in [6.07, 6.45) is 0.334. The van der Waals surface area contributed by atoms with Gasteiger partial charge in [0.15, 0.2) is 11.2 Å². The molecule has 2 aliphatic rings. The molecule has 144 valence electrons. The Morgan fingerprint density at radius 1 is 1.11 bits per heavy atom. The van der Waals surface area contributed by atoms with Crippen LogP contribution in [0.1, 0.15) is 11.3 Å². The van der Waals surface area contributed by atoms with E-state index in [1.165, 1.54) is 14.5 Å². The second-order valence-corrected chi connectivity index (χ2v) is 9.30. The van der Waals surface area contributed by atoms with Gasteiger partial charge in [-0.25, -0.2) is 4.98 Å². The molecular weight excluding hydrogens is 392 g/mol. The Labute approximate surface area is 171 Å². The second kappa shape index (κ2) is 7.27. The maximum absolute atomic E-state index is 12.9. The van der Waals surface area contributed by atoms with Crippen molar-refractivity contribution in [2.45, 2.75) is 19.0 Å². The summed E-state index contributed by atoms with van der Waals surface area (Å²) in [5, 5.41) is 3.03. The molecule has 0 unspecified atom stereocenters. The van der Waals surface area contributed by atoms with Gasteiger partial charge in [0.1, 0.15) is 0 Å². The van der Waals surface area contributed by atoms with Crippen molar-refractivity contribution in [1.82, 2.24) is 9.88 Å². The highest BCUT2D eigenvalue weighted by Crippen LogP contribution is 2.28. The minimum Gasteiger partial charge on any atom is -0.337 e. The van der Waals surface area contributed by atoms with E-state index >= 15 is 0 Å². The predicted molar refractivity (Wildman–Crippen MR) is 111 cm³/mol. The van der Waals surface area contributed by atoms with Crippen molar-refractivity contribution < 1.29 is 14.5 Å². The van der Waals surface area contributed by atoms with Gasteiger partial charge in [0.05, 0.1) is 49.4 Å². The van der Waals surface area contributed by atoms with Crippen LogP contribution in [0.4, 0.5) is 5.13 Å². The number of benzene rings is 1. The van der Waals surface area contributed by atoms with Gasteiger partial charge < -0.3 is 9.80 Å². The number of quaternary nitrogens is 1. The summed E-state index contributed by atoms with van der Waals surface area (Å²) in [6, 6.07) is 11.9. The Morgan fingerprint density at radius 2 is 1.93 bits per heavy atom. The lowest BCUT2D eigenvalue weighted by Gasteiger charge is -2.34. The van der Waals surface area contributed by atoms with Gasteiger partial charge in [0, 0.05) is 4.88 Å². The lowest BCUT2D eigenvalue weighted by molar-refractivity contribution is -0.915. The smallest absolute Gasteiger partial charge is 0.288 e. The van der Waals surface area contributed by atoms with E-state index < -0.39 is 0 Å². The molecule has 2 fully saturated rings. The quantitative estimate of drug-likeness (QED) is 0.657. The number of anilines is 1. The molecule has 0 bridgehead atoms. The molecule has 5 rings (SSSR count). The molecular formula is C20H21N4O2S2+. The molecule has 1 atom stereocenters. The third-order valence-electron chi connectivity index (χ3n) is 5.59. The van der Waals surface area contributed by atoms with Crippen molar-refractivity contribution in [2.24, 2.45) is 0 Å². The van der Waals surface area contributed by atoms with Crippen LogP contribution in [0.2, 0.25) is 0 Å². The number of piperazine rings is 1. The average Bonchev–Trinajstić information content (AvgIpc) is 3.44. The Balaban J connectivity index is 1.24. The van der Waals surface area contributed by atoms with E-state index in [1.54, 1.807) is 22.7 Å². The number of thiophene rings is 1. The van der Waals surface area contributed by atoms with Crippen molar-refractivity contribution >= 4 is 49.8 Å². The number of likely N-dealkylation sites (tertiary alicyclic amines) is 1. The van der Waals surface area contributed by atoms with Crippen molar-refractivity contribution in [3.05, 3.63) is 46.7 Å². The molecule has 2 aromatic heterocycles. The molecule has 3 aromatic rings. The lowest BCUT2D eigenvalue weighted by Crippen LogP contribution is -3.19. The SMILES string of the molecule is O=C1C[C@@H]([NH+]2CCN(c3nc4ccccc4s3)CC2)C(=O)N1Cc1cccs1. The van der Waals surface area contributed by atoms with E-state index in [9.17, 15) is 9.59 Å². The van der Waals surface area contributed by atoms with Gasteiger partial charge in [-0.05, 0) is 23.6 Å². The van der Waals surface area contributed by atoms with E-state index in [1.807, 2.05) is 35.7 Å². The highest BCUT2D eigenvalue weighted by Gasteiger charge is 2.45. The van der Waals surface area contributed by atoms with E-state index in [0.29, 0.717) is 13.0 Å². The first-order valence-corrected chi connectivity index (χ1v) is 11.2. The first kappa shape index (κ1) is 17.8. The molecule has 0 aliphatic carbocycles. The molecule has 1 aromatic carbocycles. The van der Waals surface area contributed by atoms with Crippen LogP contribution < -0.4 is 9.80 Å². The fourth-order valence-corrected chi connectivity index (χ4v) is 5.77. The van der Waals surface area contributed by atoms with Crippen molar-refractivity contribution in [3.63, 3.8) is 0 Å². The third-order valence-corrected chi connectivity index (χ3v) is 7.55. The van der Waals surface area contributed by atoms with Gasteiger partial charge in [0.25, 0.3) is 5.91 Å². The highest BCUT2D eigenvalue weighted by atomic mass is 32.1. The Bertz CT molecular complexity index is 975. The summed E-state index contributed by atoms with van der Waals surface area (Å²) in [4.78, 5) is 36.1. The number of thiazole rings is 1. The van der Waals surface area contributed by atoms with E-state index in [-0.39, 0.29) is 17.9 Å². The van der Waals surface area contributed by atoms with Crippen LogP contribution >= 0.6 is 22.7 Å². The minimum atomic E-state index is -0.232. The molecule has 0 saturated carbocycles. The van der Waals surface area contributed by atoms with Crippen LogP contribution in [0.3, 0.4) is 0 Å². The number of para-hydroxylation sites is 1. The van der Waals surface area contributed by atoms with Crippen LogP contribution in [0.5, 0.6) is 0 Å². The molecule has 2 aliphatic heterocycles. The summed E-state index contributed by atoms with van der Waals surface area (Å²) < 4.78 is 1.20. The fourth-order valence-electron chi connectivity index (χ4n) is 4.06. The Kier molecular flexibility index (Phi) is 4.62. The third kappa shape index (κ3) is 3.21. The summed E-state index contributed by atoms with van der Waals surface area (Å²) in [5.74, 6) is -0.0497. The number of amides is 2. The normalized spacial score (nSPS) is 21.2. The largest absolute Gasteiger partial charge is 0.337 e. The van der Waals surface area contributed by atoms with E-state index in [2.05, 4.69) is 11.0 Å². The Hall–Kier alpha value is -2.29. The zero-order chi connectivity index (χ0) is 19.1. The summed E-state index contributed by atoms with van der Waals surface area (Å²) in [5.41, 5.74) is 1.04. The molecule has 28 heavy (non-hydrogen) atoms. The standard InChI is InChI=1S/C20H20N4O2S2/c25-18-12-16(19(26)24(18)13-14-4-3-11-27-14)22-7-9-23(10-8-22)20-21-15-5-1-2-6-17(15)28-20/h1-6,11,16H,7-10,12-13H2/p+1/t16-/m1/s1. The number of carbonyl (C=O) groups is 2. The number of nitrogens with one attached hydrogen (secondary N) is 1. The number of carbonyl (C=O) groups excluding carboxylic acids is 2. The van der Waals surface area contributed by atoms with Crippen molar-refractivity contribution in [2.75, 3.05) is 31.1 Å². The van der Waals surface area contributed by atoms with Crippen LogP contribution in [0.25, 0.3) is 10.2 Å². The minimum absolute atomic E-state index is 0.0122. The van der Waals surface area contributed by atoms with Gasteiger partial charge in [-0.2, -0.15) is 0 Å². The molecule has 0 spiro atoms. The van der Waals surface area contributed by atoms with Gasteiger partial charge in [-0.15, -0.1) is 11.3 Å². The van der Waals surface area contributed by atoms with Gasteiger partial charge in [-0.3, -0.25) is 14.5 Å². The predicted octanol–water partition coefficient (Wildman–Crippen LogP) is 1.39. The van der Waals surface area contributed by atoms with Crippen LogP contribution in [-0.4, -0.2) is 53.9 Å². The first-order chi connectivity index (χ1) is 13.7. The zero-order valence-electron chi connectivity index (χ0n) is 15.3. The number of nitrogens with zero attached hydrogens (tertiary/aromatic N) is 3. The lowest BCUT2D eigenvalue weighted by atomic mass is 10.2. The van der Waals surface area contributed by atoms with Crippen LogP contribution in [0.15, 0.2) is 41.8 Å². The van der Waals surface area contributed by atoms with Crippen molar-refractivity contribution in [1.29, 1.82) is 0 Å². The number of fused-ring (bicyclic) bond motifs is 1. The summed E-state index contributed by atoms with van der Waals surface area (Å²) >= 11 is 3.30. The topological polar surface area (TPSA) is 58.0 Å². The fraction of sp³-hybridized carbons (Fsp3) is 0.350. The number of rotatable bonds is 4. The molecule has 6 nitrogen and oxygen atoms in total. The second-order valence-electron chi connectivity index (χ2n) is 7.26. The van der Waals surface area contributed by atoms with Crippen molar-refractivity contribution in [3.8, 4) is 0 Å². The number of imide groups is 1. The summed E-state index contributed by atoms with van der Waals surface area (Å²) in [6.45, 7) is 3.84. The van der Waals surface area contributed by atoms with Crippen LogP contribution in [-0.2, 0) is 16.1 Å². The van der Waals surface area contributed by atoms with Crippen LogP contribution in [0, 0.1) is 0 Å². The molecule has 0 radical (unpaired) electrons. The van der Waals surface area contributed by atoms with Gasteiger partial charge in [0.2, 0.25) is 5.91 Å².